The number of nitrogens with one attached hydrogen (secondary N) is 1. The van der Waals surface area contributed by atoms with Gasteiger partial charge in [-0.2, -0.15) is 0 Å². The molecule has 0 aliphatic rings. The fourth-order valence-corrected chi connectivity index (χ4v) is 1.79. The number of halogens is 1. The van der Waals surface area contributed by atoms with E-state index >= 15 is 0 Å². The number of anilines is 1. The number of rotatable bonds is 5. The maximum Gasteiger partial charge on any atom is 0.227 e. The summed E-state index contributed by atoms with van der Waals surface area (Å²) in [6, 6.07) is 4.41. The van der Waals surface area contributed by atoms with Gasteiger partial charge in [-0.15, -0.1) is 0 Å². The smallest absolute Gasteiger partial charge is 0.227 e. The van der Waals surface area contributed by atoms with Gasteiger partial charge in [0.25, 0.3) is 0 Å². The minimum Gasteiger partial charge on any atom is -0.438 e. The van der Waals surface area contributed by atoms with Crippen LogP contribution in [0.5, 0.6) is 11.6 Å². The standard InChI is InChI=1S/C15H18FN3O/c1-4-7-17-14-11(3)15(19-9-18-14)20-13-6-5-12(16)8-10(13)2/h5-6,8-9H,4,7H2,1-3H3,(H,17,18,19). The van der Waals surface area contributed by atoms with Gasteiger partial charge in [0.1, 0.15) is 23.7 Å². The predicted octanol–water partition coefficient (Wildman–Crippen LogP) is 3.85. The van der Waals surface area contributed by atoms with Gasteiger partial charge in [0.15, 0.2) is 0 Å². The molecule has 1 N–H and O–H groups in total. The molecule has 106 valence electrons. The summed E-state index contributed by atoms with van der Waals surface area (Å²) in [6.07, 6.45) is 2.47. The molecule has 2 rings (SSSR count). The Morgan fingerprint density at radius 1 is 1.25 bits per heavy atom. The minimum atomic E-state index is -0.278. The summed E-state index contributed by atoms with van der Waals surface area (Å²) in [5.74, 6) is 1.55. The predicted molar refractivity (Wildman–Crippen MR) is 76.8 cm³/mol. The molecule has 0 unspecified atom stereocenters. The molecule has 1 aromatic carbocycles. The monoisotopic (exact) mass is 275 g/mol. The summed E-state index contributed by atoms with van der Waals surface area (Å²) in [7, 11) is 0. The van der Waals surface area contributed by atoms with Gasteiger partial charge in [-0.3, -0.25) is 0 Å². The van der Waals surface area contributed by atoms with Crippen LogP contribution >= 0.6 is 0 Å². The average Bonchev–Trinajstić information content (AvgIpc) is 2.42. The lowest BCUT2D eigenvalue weighted by Gasteiger charge is -2.12. The number of hydrogen-bond donors (Lipinski definition) is 1. The first-order valence-corrected chi connectivity index (χ1v) is 6.61. The maximum atomic E-state index is 13.1. The van der Waals surface area contributed by atoms with E-state index in [1.165, 1.54) is 18.5 Å². The lowest BCUT2D eigenvalue weighted by Crippen LogP contribution is -2.05. The highest BCUT2D eigenvalue weighted by Gasteiger charge is 2.10. The molecule has 0 aliphatic heterocycles. The van der Waals surface area contributed by atoms with Crippen LogP contribution in [-0.4, -0.2) is 16.5 Å². The summed E-state index contributed by atoms with van der Waals surface area (Å²) in [5.41, 5.74) is 1.57. The van der Waals surface area contributed by atoms with Crippen LogP contribution in [0.1, 0.15) is 24.5 Å². The van der Waals surface area contributed by atoms with E-state index in [4.69, 9.17) is 4.74 Å². The first-order chi connectivity index (χ1) is 9.61. The molecule has 2 aromatic rings. The highest BCUT2D eigenvalue weighted by atomic mass is 19.1. The Kier molecular flexibility index (Phi) is 4.50. The summed E-state index contributed by atoms with van der Waals surface area (Å²) >= 11 is 0. The quantitative estimate of drug-likeness (QED) is 0.900. The summed E-state index contributed by atoms with van der Waals surface area (Å²) in [5, 5.41) is 3.22. The van der Waals surface area contributed by atoms with Crippen LogP contribution in [0.2, 0.25) is 0 Å². The molecule has 0 atom stereocenters. The van der Waals surface area contributed by atoms with E-state index in [2.05, 4.69) is 22.2 Å². The number of benzene rings is 1. The number of ether oxygens (including phenoxy) is 1. The van der Waals surface area contributed by atoms with Crippen molar-refractivity contribution in [2.24, 2.45) is 0 Å². The zero-order valence-corrected chi connectivity index (χ0v) is 11.9. The highest BCUT2D eigenvalue weighted by Crippen LogP contribution is 2.28. The van der Waals surface area contributed by atoms with Crippen molar-refractivity contribution in [2.75, 3.05) is 11.9 Å². The van der Waals surface area contributed by atoms with Gasteiger partial charge < -0.3 is 10.1 Å². The summed E-state index contributed by atoms with van der Waals surface area (Å²) in [4.78, 5) is 8.33. The van der Waals surface area contributed by atoms with Crippen LogP contribution in [0.25, 0.3) is 0 Å². The Bertz CT molecular complexity index is 602. The van der Waals surface area contributed by atoms with Crippen LogP contribution in [0.4, 0.5) is 10.2 Å². The topological polar surface area (TPSA) is 47.0 Å². The van der Waals surface area contributed by atoms with Crippen LogP contribution in [0.3, 0.4) is 0 Å². The van der Waals surface area contributed by atoms with Gasteiger partial charge in [-0.25, -0.2) is 14.4 Å². The first-order valence-electron chi connectivity index (χ1n) is 6.61. The van der Waals surface area contributed by atoms with Crippen molar-refractivity contribution in [3.05, 3.63) is 41.5 Å². The van der Waals surface area contributed by atoms with Gasteiger partial charge >= 0.3 is 0 Å². The third-order valence-corrected chi connectivity index (χ3v) is 2.92. The van der Waals surface area contributed by atoms with E-state index in [1.54, 1.807) is 13.0 Å². The molecular formula is C15H18FN3O. The fourth-order valence-electron chi connectivity index (χ4n) is 1.79. The largest absolute Gasteiger partial charge is 0.438 e. The Balaban J connectivity index is 2.24. The van der Waals surface area contributed by atoms with E-state index in [-0.39, 0.29) is 5.82 Å². The second-order valence-electron chi connectivity index (χ2n) is 4.59. The van der Waals surface area contributed by atoms with Crippen molar-refractivity contribution in [1.29, 1.82) is 0 Å². The molecule has 5 heteroatoms. The van der Waals surface area contributed by atoms with Gasteiger partial charge in [0.2, 0.25) is 5.88 Å². The molecule has 0 aliphatic carbocycles. The van der Waals surface area contributed by atoms with Crippen LogP contribution in [-0.2, 0) is 0 Å². The summed E-state index contributed by atoms with van der Waals surface area (Å²) in [6.45, 7) is 6.62. The molecule has 0 saturated heterocycles. The van der Waals surface area contributed by atoms with Gasteiger partial charge in [-0.1, -0.05) is 6.92 Å². The van der Waals surface area contributed by atoms with Crippen molar-refractivity contribution >= 4 is 5.82 Å². The third kappa shape index (κ3) is 3.23. The maximum absolute atomic E-state index is 13.1. The van der Waals surface area contributed by atoms with E-state index in [1.807, 2.05) is 6.92 Å². The van der Waals surface area contributed by atoms with Crippen molar-refractivity contribution in [3.63, 3.8) is 0 Å². The van der Waals surface area contributed by atoms with Crippen LogP contribution in [0, 0.1) is 19.7 Å². The molecule has 0 saturated carbocycles. The second kappa shape index (κ2) is 6.32. The molecule has 1 heterocycles. The van der Waals surface area contributed by atoms with Crippen molar-refractivity contribution in [2.45, 2.75) is 27.2 Å². The van der Waals surface area contributed by atoms with Gasteiger partial charge in [0, 0.05) is 6.54 Å². The molecule has 0 fully saturated rings. The third-order valence-electron chi connectivity index (χ3n) is 2.92. The zero-order valence-electron chi connectivity index (χ0n) is 11.9. The molecule has 0 bridgehead atoms. The zero-order chi connectivity index (χ0) is 14.5. The lowest BCUT2D eigenvalue weighted by molar-refractivity contribution is 0.452. The Hall–Kier alpha value is -2.17. The van der Waals surface area contributed by atoms with E-state index < -0.39 is 0 Å². The fraction of sp³-hybridized carbons (Fsp3) is 0.333. The molecule has 0 spiro atoms. The second-order valence-corrected chi connectivity index (χ2v) is 4.59. The van der Waals surface area contributed by atoms with E-state index in [9.17, 15) is 4.39 Å². The SMILES string of the molecule is CCCNc1ncnc(Oc2ccc(F)cc2C)c1C. The van der Waals surface area contributed by atoms with E-state index in [0.717, 1.165) is 29.9 Å². The molecule has 0 radical (unpaired) electrons. The van der Waals surface area contributed by atoms with Crippen LogP contribution < -0.4 is 10.1 Å². The first kappa shape index (κ1) is 14.2. The molecular weight excluding hydrogens is 257 g/mol. The lowest BCUT2D eigenvalue weighted by atomic mass is 10.2. The minimum absolute atomic E-state index is 0.278. The number of aromatic nitrogens is 2. The van der Waals surface area contributed by atoms with Gasteiger partial charge in [0.05, 0.1) is 5.56 Å². The van der Waals surface area contributed by atoms with Crippen LogP contribution in [0.15, 0.2) is 24.5 Å². The van der Waals surface area contributed by atoms with Crippen molar-refractivity contribution in [1.82, 2.24) is 9.97 Å². The van der Waals surface area contributed by atoms with E-state index in [0.29, 0.717) is 11.6 Å². The van der Waals surface area contributed by atoms with Gasteiger partial charge in [-0.05, 0) is 44.0 Å². The number of hydrogen-bond acceptors (Lipinski definition) is 4. The molecule has 4 nitrogen and oxygen atoms in total. The number of aryl methyl sites for hydroxylation is 1. The number of nitrogens with zero attached hydrogens (tertiary/aromatic N) is 2. The highest BCUT2D eigenvalue weighted by molar-refractivity contribution is 5.49. The summed E-state index contributed by atoms with van der Waals surface area (Å²) < 4.78 is 18.8. The Morgan fingerprint density at radius 3 is 2.75 bits per heavy atom. The molecule has 20 heavy (non-hydrogen) atoms. The van der Waals surface area contributed by atoms with Crippen molar-refractivity contribution < 1.29 is 9.13 Å². The normalized spacial score (nSPS) is 10.4. The Labute approximate surface area is 118 Å². The Morgan fingerprint density at radius 2 is 2.05 bits per heavy atom. The van der Waals surface area contributed by atoms with Crippen molar-refractivity contribution in [3.8, 4) is 11.6 Å². The molecule has 0 amide bonds. The molecule has 1 aromatic heterocycles. The average molecular weight is 275 g/mol.